The second kappa shape index (κ2) is 7.82. The van der Waals surface area contributed by atoms with E-state index in [2.05, 4.69) is 5.32 Å². The summed E-state index contributed by atoms with van der Waals surface area (Å²) in [7, 11) is 0. The molecule has 1 aliphatic heterocycles. The molecule has 1 heterocycles. The minimum Gasteiger partial charge on any atom is -0.480 e. The Hall–Kier alpha value is -0.650. The first-order valence-electron chi connectivity index (χ1n) is 7.20. The van der Waals surface area contributed by atoms with Crippen molar-refractivity contribution in [2.24, 2.45) is 0 Å². The van der Waals surface area contributed by atoms with Gasteiger partial charge >= 0.3 is 5.97 Å². The lowest BCUT2D eigenvalue weighted by molar-refractivity contribution is -0.146. The lowest BCUT2D eigenvalue weighted by Crippen LogP contribution is -2.54. The number of nitrogens with one attached hydrogen (secondary N) is 1. The number of aliphatic carboxylic acids is 1. The summed E-state index contributed by atoms with van der Waals surface area (Å²) in [5.74, 6) is -0.770. The van der Waals surface area contributed by atoms with Crippen LogP contribution in [0, 0.1) is 0 Å². The molecule has 5 nitrogen and oxygen atoms in total. The van der Waals surface area contributed by atoms with Crippen LogP contribution in [0.1, 0.15) is 46.5 Å². The zero-order valence-corrected chi connectivity index (χ0v) is 12.3. The maximum Gasteiger partial charge on any atom is 0.323 e. The first-order chi connectivity index (χ1) is 9.00. The standard InChI is InChI=1S/C14H27NO4/c1-4-14(13(16)17,15-11(2)3)7-5-8-19-12-6-9-18-10-12/h11-12,15H,4-10H2,1-3H3,(H,16,17). The maximum atomic E-state index is 11.5. The van der Waals surface area contributed by atoms with Gasteiger partial charge in [-0.05, 0) is 39.5 Å². The quantitative estimate of drug-likeness (QED) is 0.627. The van der Waals surface area contributed by atoms with Crippen molar-refractivity contribution in [3.05, 3.63) is 0 Å². The minimum atomic E-state index is -0.830. The van der Waals surface area contributed by atoms with Crippen molar-refractivity contribution in [3.8, 4) is 0 Å². The zero-order valence-electron chi connectivity index (χ0n) is 12.3. The summed E-state index contributed by atoms with van der Waals surface area (Å²) in [6.45, 7) is 7.90. The Balaban J connectivity index is 2.36. The Morgan fingerprint density at radius 1 is 1.58 bits per heavy atom. The van der Waals surface area contributed by atoms with E-state index >= 15 is 0 Å². The predicted octanol–water partition coefficient (Wildman–Crippen LogP) is 1.80. The number of carbonyl (C=O) groups is 1. The monoisotopic (exact) mass is 273 g/mol. The highest BCUT2D eigenvalue weighted by molar-refractivity contribution is 5.78. The first-order valence-corrected chi connectivity index (χ1v) is 7.20. The molecule has 0 aromatic rings. The highest BCUT2D eigenvalue weighted by atomic mass is 16.5. The van der Waals surface area contributed by atoms with Crippen LogP contribution in [0.15, 0.2) is 0 Å². The predicted molar refractivity (Wildman–Crippen MR) is 73.3 cm³/mol. The molecule has 0 saturated carbocycles. The Bertz CT molecular complexity index is 277. The van der Waals surface area contributed by atoms with Gasteiger partial charge in [0.2, 0.25) is 0 Å². The van der Waals surface area contributed by atoms with Crippen molar-refractivity contribution in [2.75, 3.05) is 19.8 Å². The Labute approximate surface area is 115 Å². The van der Waals surface area contributed by atoms with Gasteiger partial charge in [0.25, 0.3) is 0 Å². The molecule has 19 heavy (non-hydrogen) atoms. The van der Waals surface area contributed by atoms with Gasteiger partial charge in [0.15, 0.2) is 0 Å². The van der Waals surface area contributed by atoms with Crippen molar-refractivity contribution in [3.63, 3.8) is 0 Å². The van der Waals surface area contributed by atoms with E-state index in [1.54, 1.807) is 0 Å². The summed E-state index contributed by atoms with van der Waals surface area (Å²) >= 11 is 0. The fourth-order valence-corrected chi connectivity index (χ4v) is 2.49. The summed E-state index contributed by atoms with van der Waals surface area (Å²) in [6.07, 6.45) is 3.05. The second-order valence-corrected chi connectivity index (χ2v) is 5.50. The number of rotatable bonds is 9. The van der Waals surface area contributed by atoms with Crippen LogP contribution >= 0.6 is 0 Å². The van der Waals surface area contributed by atoms with Gasteiger partial charge in [-0.25, -0.2) is 0 Å². The van der Waals surface area contributed by atoms with Gasteiger partial charge < -0.3 is 14.6 Å². The summed E-state index contributed by atoms with van der Waals surface area (Å²) in [4.78, 5) is 11.5. The van der Waals surface area contributed by atoms with Crippen LogP contribution in [0.3, 0.4) is 0 Å². The molecule has 0 spiro atoms. The molecular weight excluding hydrogens is 246 g/mol. The molecule has 0 aromatic heterocycles. The molecule has 0 aromatic carbocycles. The average Bonchev–Trinajstić information content (AvgIpc) is 2.85. The number of hydrogen-bond donors (Lipinski definition) is 2. The smallest absolute Gasteiger partial charge is 0.323 e. The van der Waals surface area contributed by atoms with Crippen LogP contribution in [-0.2, 0) is 14.3 Å². The molecule has 2 unspecified atom stereocenters. The molecule has 0 aliphatic carbocycles. The average molecular weight is 273 g/mol. The SMILES string of the molecule is CCC(CCCOC1CCOC1)(NC(C)C)C(=O)O. The molecule has 1 fully saturated rings. The molecule has 112 valence electrons. The fourth-order valence-electron chi connectivity index (χ4n) is 2.49. The van der Waals surface area contributed by atoms with E-state index < -0.39 is 11.5 Å². The van der Waals surface area contributed by atoms with Gasteiger partial charge in [-0.1, -0.05) is 6.92 Å². The topological polar surface area (TPSA) is 67.8 Å². The van der Waals surface area contributed by atoms with Gasteiger partial charge in [-0.15, -0.1) is 0 Å². The van der Waals surface area contributed by atoms with Crippen molar-refractivity contribution in [2.45, 2.75) is 64.1 Å². The van der Waals surface area contributed by atoms with Crippen LogP contribution in [0.2, 0.25) is 0 Å². The second-order valence-electron chi connectivity index (χ2n) is 5.50. The third kappa shape index (κ3) is 5.09. The Kier molecular flexibility index (Phi) is 6.75. The van der Waals surface area contributed by atoms with Gasteiger partial charge in [0.1, 0.15) is 5.54 Å². The van der Waals surface area contributed by atoms with E-state index in [4.69, 9.17) is 9.47 Å². The van der Waals surface area contributed by atoms with Crippen LogP contribution < -0.4 is 5.32 Å². The van der Waals surface area contributed by atoms with Crippen molar-refractivity contribution >= 4 is 5.97 Å². The van der Waals surface area contributed by atoms with Crippen molar-refractivity contribution in [1.82, 2.24) is 5.32 Å². The van der Waals surface area contributed by atoms with E-state index in [9.17, 15) is 9.90 Å². The summed E-state index contributed by atoms with van der Waals surface area (Å²) in [5.41, 5.74) is -0.830. The lowest BCUT2D eigenvalue weighted by Gasteiger charge is -2.31. The lowest BCUT2D eigenvalue weighted by atomic mass is 9.89. The van der Waals surface area contributed by atoms with E-state index in [0.29, 0.717) is 26.1 Å². The Morgan fingerprint density at radius 3 is 2.79 bits per heavy atom. The van der Waals surface area contributed by atoms with Crippen LogP contribution in [0.25, 0.3) is 0 Å². The fraction of sp³-hybridized carbons (Fsp3) is 0.929. The minimum absolute atomic E-state index is 0.153. The summed E-state index contributed by atoms with van der Waals surface area (Å²) in [6, 6.07) is 0.153. The highest BCUT2D eigenvalue weighted by Gasteiger charge is 2.36. The number of carboxylic acid groups (broad SMARTS) is 1. The molecule has 2 atom stereocenters. The number of ether oxygens (including phenoxy) is 2. The normalized spacial score (nSPS) is 22.6. The third-order valence-corrected chi connectivity index (χ3v) is 3.57. The van der Waals surface area contributed by atoms with E-state index in [1.165, 1.54) is 0 Å². The number of hydrogen-bond acceptors (Lipinski definition) is 4. The van der Waals surface area contributed by atoms with E-state index in [-0.39, 0.29) is 12.1 Å². The van der Waals surface area contributed by atoms with Gasteiger partial charge in [0.05, 0.1) is 12.7 Å². The molecule has 2 N–H and O–H groups in total. The molecule has 0 bridgehead atoms. The molecule has 1 aliphatic rings. The first kappa shape index (κ1) is 16.4. The molecular formula is C14H27NO4. The van der Waals surface area contributed by atoms with Crippen LogP contribution in [0.5, 0.6) is 0 Å². The largest absolute Gasteiger partial charge is 0.480 e. The summed E-state index contributed by atoms with van der Waals surface area (Å²) < 4.78 is 10.9. The van der Waals surface area contributed by atoms with E-state index in [1.807, 2.05) is 20.8 Å². The molecule has 1 rings (SSSR count). The van der Waals surface area contributed by atoms with Gasteiger partial charge in [-0.3, -0.25) is 10.1 Å². The van der Waals surface area contributed by atoms with Crippen LogP contribution in [0.4, 0.5) is 0 Å². The van der Waals surface area contributed by atoms with Crippen molar-refractivity contribution < 1.29 is 19.4 Å². The molecule has 0 amide bonds. The van der Waals surface area contributed by atoms with Crippen LogP contribution in [-0.4, -0.2) is 48.6 Å². The third-order valence-electron chi connectivity index (χ3n) is 3.57. The van der Waals surface area contributed by atoms with Gasteiger partial charge in [-0.2, -0.15) is 0 Å². The Morgan fingerprint density at radius 2 is 2.32 bits per heavy atom. The summed E-state index contributed by atoms with van der Waals surface area (Å²) in [5, 5.41) is 12.7. The number of carboxylic acids is 1. The van der Waals surface area contributed by atoms with Crippen molar-refractivity contribution in [1.29, 1.82) is 0 Å². The maximum absolute atomic E-state index is 11.5. The molecule has 5 heteroatoms. The molecule has 1 saturated heterocycles. The highest BCUT2D eigenvalue weighted by Crippen LogP contribution is 2.20. The van der Waals surface area contributed by atoms with Gasteiger partial charge in [0, 0.05) is 19.3 Å². The molecule has 0 radical (unpaired) electrons. The zero-order chi connectivity index (χ0) is 14.3. The van der Waals surface area contributed by atoms with E-state index in [0.717, 1.165) is 19.4 Å².